The van der Waals surface area contributed by atoms with E-state index in [1.54, 1.807) is 29.0 Å². The molecule has 4 rings (SSSR count). The molecule has 2 aliphatic heterocycles. The van der Waals surface area contributed by atoms with E-state index in [0.29, 0.717) is 37.8 Å². The second-order valence-corrected chi connectivity index (χ2v) is 7.28. The molecule has 2 amide bonds. The number of fused-ring (bicyclic) bond motifs is 1. The molecule has 1 fully saturated rings. The standard InChI is InChI=1S/C21H24N2O5/c1-22(13-16-14-27-17-7-2-3-8-18(17)28-16)20(24)15-6-4-10-23(12-15)21(25)19-9-5-11-26-19/h2-3,5,7-9,11,15-16H,4,6,10,12-14H2,1H3. The van der Waals surface area contributed by atoms with Gasteiger partial charge in [0.2, 0.25) is 5.91 Å². The van der Waals surface area contributed by atoms with Crippen LogP contribution in [-0.4, -0.2) is 61.0 Å². The van der Waals surface area contributed by atoms with Crippen LogP contribution in [0.5, 0.6) is 11.5 Å². The van der Waals surface area contributed by atoms with Crippen molar-refractivity contribution in [2.24, 2.45) is 5.92 Å². The van der Waals surface area contributed by atoms with Crippen LogP contribution in [0.1, 0.15) is 23.4 Å². The van der Waals surface area contributed by atoms with E-state index < -0.39 is 0 Å². The number of hydrogen-bond donors (Lipinski definition) is 0. The maximum atomic E-state index is 12.9. The van der Waals surface area contributed by atoms with Gasteiger partial charge >= 0.3 is 0 Å². The van der Waals surface area contributed by atoms with E-state index in [1.807, 2.05) is 24.3 Å². The first-order valence-electron chi connectivity index (χ1n) is 9.58. The average Bonchev–Trinajstić information content (AvgIpc) is 3.27. The first-order valence-corrected chi connectivity index (χ1v) is 9.58. The lowest BCUT2D eigenvalue weighted by atomic mass is 9.96. The number of likely N-dealkylation sites (tertiary alicyclic amines) is 1. The van der Waals surface area contributed by atoms with E-state index in [9.17, 15) is 9.59 Å². The number of para-hydroxylation sites is 2. The van der Waals surface area contributed by atoms with E-state index in [0.717, 1.165) is 18.6 Å². The minimum atomic E-state index is -0.215. The first-order chi connectivity index (χ1) is 13.6. The highest BCUT2D eigenvalue weighted by Gasteiger charge is 2.32. The van der Waals surface area contributed by atoms with Crippen molar-refractivity contribution in [2.45, 2.75) is 18.9 Å². The van der Waals surface area contributed by atoms with Crippen LogP contribution in [0, 0.1) is 5.92 Å². The molecule has 0 radical (unpaired) electrons. The van der Waals surface area contributed by atoms with Crippen LogP contribution < -0.4 is 9.47 Å². The van der Waals surface area contributed by atoms with Crippen molar-refractivity contribution in [1.82, 2.24) is 9.80 Å². The summed E-state index contributed by atoms with van der Waals surface area (Å²) in [6, 6.07) is 10.9. The molecular weight excluding hydrogens is 360 g/mol. The van der Waals surface area contributed by atoms with Crippen molar-refractivity contribution in [3.05, 3.63) is 48.4 Å². The summed E-state index contributed by atoms with van der Waals surface area (Å²) in [4.78, 5) is 28.8. The Balaban J connectivity index is 1.34. The number of ether oxygens (including phenoxy) is 2. The van der Waals surface area contributed by atoms with Gasteiger partial charge in [0.15, 0.2) is 23.4 Å². The molecule has 2 aromatic rings. The summed E-state index contributed by atoms with van der Waals surface area (Å²) in [7, 11) is 1.78. The third kappa shape index (κ3) is 3.83. The van der Waals surface area contributed by atoms with Gasteiger partial charge in [0.1, 0.15) is 6.61 Å². The monoisotopic (exact) mass is 384 g/mol. The van der Waals surface area contributed by atoms with Crippen molar-refractivity contribution in [3.63, 3.8) is 0 Å². The van der Waals surface area contributed by atoms with Crippen LogP contribution in [0.15, 0.2) is 47.1 Å². The largest absolute Gasteiger partial charge is 0.486 e. The zero-order valence-electron chi connectivity index (χ0n) is 15.9. The Labute approximate surface area is 163 Å². The number of piperidine rings is 1. The van der Waals surface area contributed by atoms with Crippen molar-refractivity contribution in [1.29, 1.82) is 0 Å². The molecule has 0 N–H and O–H groups in total. The number of benzene rings is 1. The molecule has 7 heteroatoms. The molecule has 0 aliphatic carbocycles. The lowest BCUT2D eigenvalue weighted by Crippen LogP contribution is -2.48. The number of nitrogens with zero attached hydrogens (tertiary/aromatic N) is 2. The summed E-state index contributed by atoms with van der Waals surface area (Å²) >= 11 is 0. The fourth-order valence-electron chi connectivity index (χ4n) is 3.78. The van der Waals surface area contributed by atoms with E-state index in [1.165, 1.54) is 6.26 Å². The maximum Gasteiger partial charge on any atom is 0.289 e. The van der Waals surface area contributed by atoms with Crippen LogP contribution in [0.4, 0.5) is 0 Å². The maximum absolute atomic E-state index is 12.9. The topological polar surface area (TPSA) is 72.2 Å². The number of carbonyl (C=O) groups is 2. The van der Waals surface area contributed by atoms with Gasteiger partial charge in [0, 0.05) is 20.1 Å². The average molecular weight is 384 g/mol. The minimum Gasteiger partial charge on any atom is -0.486 e. The predicted octanol–water partition coefficient (Wildman–Crippen LogP) is 2.43. The predicted molar refractivity (Wildman–Crippen MR) is 101 cm³/mol. The third-order valence-corrected chi connectivity index (χ3v) is 5.21. The molecular formula is C21H24N2O5. The normalized spacial score (nSPS) is 21.2. The summed E-state index contributed by atoms with van der Waals surface area (Å²) in [5.74, 6) is 1.40. The molecule has 28 heavy (non-hydrogen) atoms. The fourth-order valence-corrected chi connectivity index (χ4v) is 3.78. The van der Waals surface area contributed by atoms with Crippen LogP contribution in [0.2, 0.25) is 0 Å². The molecule has 2 unspecified atom stereocenters. The molecule has 2 aliphatic rings. The zero-order valence-corrected chi connectivity index (χ0v) is 15.9. The van der Waals surface area contributed by atoms with Gasteiger partial charge < -0.3 is 23.7 Å². The summed E-state index contributed by atoms with van der Waals surface area (Å²) in [5, 5.41) is 0. The number of furan rings is 1. The van der Waals surface area contributed by atoms with Crippen LogP contribution in [0.3, 0.4) is 0 Å². The Bertz CT molecular complexity index is 835. The van der Waals surface area contributed by atoms with E-state index in [-0.39, 0.29) is 23.8 Å². The number of carbonyl (C=O) groups excluding carboxylic acids is 2. The Morgan fingerprint density at radius 3 is 2.79 bits per heavy atom. The van der Waals surface area contributed by atoms with Crippen LogP contribution in [-0.2, 0) is 4.79 Å². The lowest BCUT2D eigenvalue weighted by molar-refractivity contribution is -0.137. The molecule has 0 bridgehead atoms. The Morgan fingerprint density at radius 1 is 1.18 bits per heavy atom. The van der Waals surface area contributed by atoms with Gasteiger partial charge in [0.05, 0.1) is 18.7 Å². The Hall–Kier alpha value is -2.96. The van der Waals surface area contributed by atoms with E-state index in [4.69, 9.17) is 13.9 Å². The molecule has 0 spiro atoms. The van der Waals surface area contributed by atoms with Crippen molar-refractivity contribution in [2.75, 3.05) is 33.3 Å². The first kappa shape index (κ1) is 18.4. The fraction of sp³-hybridized carbons (Fsp3) is 0.429. The van der Waals surface area contributed by atoms with Gasteiger partial charge in [-0.3, -0.25) is 9.59 Å². The van der Waals surface area contributed by atoms with Crippen molar-refractivity contribution < 1.29 is 23.5 Å². The molecule has 2 atom stereocenters. The van der Waals surface area contributed by atoms with Gasteiger partial charge in [0.25, 0.3) is 5.91 Å². The van der Waals surface area contributed by atoms with Gasteiger partial charge in [-0.05, 0) is 37.1 Å². The summed E-state index contributed by atoms with van der Waals surface area (Å²) < 4.78 is 16.9. The van der Waals surface area contributed by atoms with Crippen LogP contribution >= 0.6 is 0 Å². The summed E-state index contributed by atoms with van der Waals surface area (Å²) in [6.45, 7) is 1.90. The van der Waals surface area contributed by atoms with Gasteiger partial charge in [-0.25, -0.2) is 0 Å². The second kappa shape index (κ2) is 7.96. The SMILES string of the molecule is CN(CC1COc2ccccc2O1)C(=O)C1CCCN(C(=O)c2ccco2)C1. The molecule has 3 heterocycles. The van der Waals surface area contributed by atoms with E-state index >= 15 is 0 Å². The minimum absolute atomic E-state index is 0.0272. The highest BCUT2D eigenvalue weighted by Crippen LogP contribution is 2.31. The third-order valence-electron chi connectivity index (χ3n) is 5.21. The lowest BCUT2D eigenvalue weighted by Gasteiger charge is -2.35. The zero-order chi connectivity index (χ0) is 19.5. The highest BCUT2D eigenvalue weighted by atomic mass is 16.6. The highest BCUT2D eigenvalue weighted by molar-refractivity contribution is 5.92. The van der Waals surface area contributed by atoms with Crippen molar-refractivity contribution >= 4 is 11.8 Å². The quantitative estimate of drug-likeness (QED) is 0.810. The molecule has 7 nitrogen and oxygen atoms in total. The van der Waals surface area contributed by atoms with Gasteiger partial charge in [-0.2, -0.15) is 0 Å². The Kier molecular flexibility index (Phi) is 5.23. The van der Waals surface area contributed by atoms with Crippen LogP contribution in [0.25, 0.3) is 0 Å². The molecule has 1 saturated heterocycles. The van der Waals surface area contributed by atoms with Gasteiger partial charge in [-0.1, -0.05) is 12.1 Å². The molecule has 0 saturated carbocycles. The molecule has 148 valence electrons. The second-order valence-electron chi connectivity index (χ2n) is 7.28. The van der Waals surface area contributed by atoms with Gasteiger partial charge in [-0.15, -0.1) is 0 Å². The number of rotatable bonds is 4. The smallest absolute Gasteiger partial charge is 0.289 e. The van der Waals surface area contributed by atoms with E-state index in [2.05, 4.69) is 0 Å². The Morgan fingerprint density at radius 2 is 2.00 bits per heavy atom. The molecule has 1 aromatic heterocycles. The molecule has 1 aromatic carbocycles. The number of amides is 2. The summed E-state index contributed by atoms with van der Waals surface area (Å²) in [6.07, 6.45) is 2.84. The number of likely N-dealkylation sites (N-methyl/N-ethyl adjacent to an activating group) is 1. The number of hydrogen-bond acceptors (Lipinski definition) is 5. The van der Waals surface area contributed by atoms with Crippen molar-refractivity contribution in [3.8, 4) is 11.5 Å². The summed E-state index contributed by atoms with van der Waals surface area (Å²) in [5.41, 5.74) is 0.